The molecular weight excluding hydrogens is 268 g/mol. The second kappa shape index (κ2) is 5.21. The highest BCUT2D eigenvalue weighted by atomic mass is 16.5. The first-order chi connectivity index (χ1) is 10.4. The first kappa shape index (κ1) is 12.4. The molecule has 4 heterocycles. The minimum absolute atomic E-state index is 0.437. The fraction of sp³-hybridized carbons (Fsp3) is 0.333. The molecule has 21 heavy (non-hydrogen) atoms. The molecule has 1 aliphatic rings. The predicted octanol–water partition coefficient (Wildman–Crippen LogP) is 2.81. The van der Waals surface area contributed by atoms with Crippen LogP contribution in [-0.4, -0.2) is 34.2 Å². The van der Waals surface area contributed by atoms with Crippen LogP contribution in [0, 0.1) is 0 Å². The zero-order chi connectivity index (χ0) is 14.1. The summed E-state index contributed by atoms with van der Waals surface area (Å²) < 4.78 is 10.7. The van der Waals surface area contributed by atoms with Gasteiger partial charge in [0.05, 0.1) is 17.4 Å². The molecule has 3 aromatic rings. The van der Waals surface area contributed by atoms with Crippen molar-refractivity contribution in [3.63, 3.8) is 0 Å². The van der Waals surface area contributed by atoms with E-state index in [9.17, 15) is 0 Å². The number of anilines is 1. The van der Waals surface area contributed by atoms with Gasteiger partial charge in [0.25, 0.3) is 0 Å². The molecule has 0 atom stereocenters. The van der Waals surface area contributed by atoms with Crippen molar-refractivity contribution in [1.29, 1.82) is 0 Å². The lowest BCUT2D eigenvalue weighted by molar-refractivity contribution is 0.0904. The number of pyridine rings is 1. The maximum absolute atomic E-state index is 5.37. The van der Waals surface area contributed by atoms with Gasteiger partial charge in [-0.2, -0.15) is 0 Å². The smallest absolute Gasteiger partial charge is 0.181 e. The Hall–Kier alpha value is -2.34. The molecular formula is C15H16N4O2. The Balaban J connectivity index is 1.60. The highest BCUT2D eigenvalue weighted by Gasteiger charge is 2.14. The average molecular weight is 284 g/mol. The standard InChI is InChI=1S/C15H16N4O2/c1-3-20-4-2-11(1)18-15-6-12-10(7-17-15)5-13(19-12)14-8-16-9-21-14/h5-9,11,19H,1-4H2,(H,17,18). The number of rotatable bonds is 3. The summed E-state index contributed by atoms with van der Waals surface area (Å²) >= 11 is 0. The van der Waals surface area contributed by atoms with Crippen molar-refractivity contribution < 1.29 is 9.15 Å². The van der Waals surface area contributed by atoms with Crippen molar-refractivity contribution in [2.45, 2.75) is 18.9 Å². The number of H-pyrrole nitrogens is 1. The van der Waals surface area contributed by atoms with Crippen molar-refractivity contribution in [3.8, 4) is 11.5 Å². The van der Waals surface area contributed by atoms with Crippen LogP contribution in [0.5, 0.6) is 0 Å². The summed E-state index contributed by atoms with van der Waals surface area (Å²) in [4.78, 5) is 11.8. The number of oxazole rings is 1. The van der Waals surface area contributed by atoms with E-state index in [1.54, 1.807) is 6.20 Å². The summed E-state index contributed by atoms with van der Waals surface area (Å²) in [7, 11) is 0. The molecule has 6 nitrogen and oxygen atoms in total. The van der Waals surface area contributed by atoms with Crippen molar-refractivity contribution in [1.82, 2.24) is 15.0 Å². The third kappa shape index (κ3) is 2.50. The van der Waals surface area contributed by atoms with Gasteiger partial charge in [-0.05, 0) is 18.9 Å². The molecule has 3 aromatic heterocycles. The van der Waals surface area contributed by atoms with Crippen LogP contribution >= 0.6 is 0 Å². The Morgan fingerprint density at radius 3 is 2.90 bits per heavy atom. The molecule has 0 aromatic carbocycles. The Morgan fingerprint density at radius 2 is 2.10 bits per heavy atom. The van der Waals surface area contributed by atoms with Gasteiger partial charge in [-0.3, -0.25) is 0 Å². The normalized spacial score (nSPS) is 16.4. The van der Waals surface area contributed by atoms with Crippen molar-refractivity contribution in [2.24, 2.45) is 0 Å². The molecule has 1 aliphatic heterocycles. The summed E-state index contributed by atoms with van der Waals surface area (Å²) in [6.07, 6.45) is 7.03. The lowest BCUT2D eigenvalue weighted by atomic mass is 10.1. The molecule has 6 heteroatoms. The SMILES string of the molecule is c1ncc(-c2cc3cnc(NC4CCOCC4)cc3[nH]2)o1. The van der Waals surface area contributed by atoms with Crippen molar-refractivity contribution in [3.05, 3.63) is 30.9 Å². The van der Waals surface area contributed by atoms with Gasteiger partial charge in [-0.15, -0.1) is 0 Å². The minimum atomic E-state index is 0.437. The maximum Gasteiger partial charge on any atom is 0.181 e. The second-order valence-corrected chi connectivity index (χ2v) is 5.24. The molecule has 0 radical (unpaired) electrons. The Labute approximate surface area is 121 Å². The van der Waals surface area contributed by atoms with E-state index in [0.717, 1.165) is 54.2 Å². The summed E-state index contributed by atoms with van der Waals surface area (Å²) in [5, 5.41) is 4.52. The molecule has 2 N–H and O–H groups in total. The number of aromatic nitrogens is 3. The summed E-state index contributed by atoms with van der Waals surface area (Å²) in [5.41, 5.74) is 1.94. The van der Waals surface area contributed by atoms with Gasteiger partial charge in [0.1, 0.15) is 5.82 Å². The van der Waals surface area contributed by atoms with Gasteiger partial charge in [-0.25, -0.2) is 9.97 Å². The summed E-state index contributed by atoms with van der Waals surface area (Å²) in [5.74, 6) is 1.62. The van der Waals surface area contributed by atoms with Crippen molar-refractivity contribution in [2.75, 3.05) is 18.5 Å². The van der Waals surface area contributed by atoms with Gasteiger partial charge < -0.3 is 19.5 Å². The van der Waals surface area contributed by atoms with E-state index >= 15 is 0 Å². The van der Waals surface area contributed by atoms with Gasteiger partial charge in [0.15, 0.2) is 12.2 Å². The van der Waals surface area contributed by atoms with E-state index in [4.69, 9.17) is 9.15 Å². The number of hydrogen-bond donors (Lipinski definition) is 2. The predicted molar refractivity (Wildman–Crippen MR) is 79.1 cm³/mol. The quantitative estimate of drug-likeness (QED) is 0.773. The van der Waals surface area contributed by atoms with Gasteiger partial charge in [-0.1, -0.05) is 0 Å². The molecule has 108 valence electrons. The van der Waals surface area contributed by atoms with E-state index in [1.165, 1.54) is 6.39 Å². The fourth-order valence-corrected chi connectivity index (χ4v) is 2.64. The number of nitrogens with zero attached hydrogens (tertiary/aromatic N) is 2. The lowest BCUT2D eigenvalue weighted by Gasteiger charge is -2.23. The highest BCUT2D eigenvalue weighted by Crippen LogP contribution is 2.25. The van der Waals surface area contributed by atoms with Crippen LogP contribution in [0.3, 0.4) is 0 Å². The second-order valence-electron chi connectivity index (χ2n) is 5.24. The van der Waals surface area contributed by atoms with Crippen LogP contribution in [0.25, 0.3) is 22.4 Å². The van der Waals surface area contributed by atoms with Crippen LogP contribution in [0.1, 0.15) is 12.8 Å². The number of hydrogen-bond acceptors (Lipinski definition) is 5. The molecule has 0 unspecified atom stereocenters. The van der Waals surface area contributed by atoms with E-state index in [2.05, 4.69) is 20.3 Å². The van der Waals surface area contributed by atoms with E-state index in [1.807, 2.05) is 18.3 Å². The number of ether oxygens (including phenoxy) is 1. The van der Waals surface area contributed by atoms with Crippen LogP contribution in [-0.2, 0) is 4.74 Å². The number of fused-ring (bicyclic) bond motifs is 1. The average Bonchev–Trinajstić information content (AvgIpc) is 3.17. The van der Waals surface area contributed by atoms with E-state index < -0.39 is 0 Å². The maximum atomic E-state index is 5.37. The van der Waals surface area contributed by atoms with Gasteiger partial charge in [0, 0.05) is 36.9 Å². The fourth-order valence-electron chi connectivity index (χ4n) is 2.64. The van der Waals surface area contributed by atoms with Crippen molar-refractivity contribution >= 4 is 16.7 Å². The molecule has 1 fully saturated rings. The summed E-state index contributed by atoms with van der Waals surface area (Å²) in [6.45, 7) is 1.64. The molecule has 0 spiro atoms. The van der Waals surface area contributed by atoms with E-state index in [0.29, 0.717) is 6.04 Å². The zero-order valence-corrected chi connectivity index (χ0v) is 11.5. The van der Waals surface area contributed by atoms with E-state index in [-0.39, 0.29) is 0 Å². The minimum Gasteiger partial charge on any atom is -0.442 e. The Kier molecular flexibility index (Phi) is 3.08. The summed E-state index contributed by atoms with van der Waals surface area (Å²) in [6, 6.07) is 4.48. The Morgan fingerprint density at radius 1 is 1.19 bits per heavy atom. The van der Waals surface area contributed by atoms with Crippen LogP contribution in [0.2, 0.25) is 0 Å². The van der Waals surface area contributed by atoms with Crippen LogP contribution < -0.4 is 5.32 Å². The molecule has 0 amide bonds. The first-order valence-electron chi connectivity index (χ1n) is 7.10. The molecule has 0 saturated carbocycles. The topological polar surface area (TPSA) is 76.0 Å². The molecule has 0 bridgehead atoms. The molecule has 1 saturated heterocycles. The zero-order valence-electron chi connectivity index (χ0n) is 11.5. The molecule has 0 aliphatic carbocycles. The van der Waals surface area contributed by atoms with Crippen LogP contribution in [0.15, 0.2) is 35.3 Å². The third-order valence-electron chi connectivity index (χ3n) is 3.78. The number of aromatic amines is 1. The van der Waals surface area contributed by atoms with Gasteiger partial charge >= 0.3 is 0 Å². The number of nitrogens with one attached hydrogen (secondary N) is 2. The monoisotopic (exact) mass is 284 g/mol. The molecule has 4 rings (SSSR count). The highest BCUT2D eigenvalue weighted by molar-refractivity contribution is 5.85. The van der Waals surface area contributed by atoms with Crippen LogP contribution in [0.4, 0.5) is 5.82 Å². The van der Waals surface area contributed by atoms with Gasteiger partial charge in [0.2, 0.25) is 0 Å². The Bertz CT molecular complexity index is 729. The lowest BCUT2D eigenvalue weighted by Crippen LogP contribution is -2.28. The first-order valence-corrected chi connectivity index (χ1v) is 7.10. The largest absolute Gasteiger partial charge is 0.442 e. The third-order valence-corrected chi connectivity index (χ3v) is 3.78.